The predicted molar refractivity (Wildman–Crippen MR) is 120 cm³/mol. The number of carbonyl (C=O) groups excluding carboxylic acids is 1. The number of carbonyl (C=O) groups is 2. The van der Waals surface area contributed by atoms with Crippen molar-refractivity contribution in [3.63, 3.8) is 0 Å². The van der Waals surface area contributed by atoms with E-state index in [9.17, 15) is 14.7 Å². The molecule has 2 aromatic carbocycles. The van der Waals surface area contributed by atoms with Gasteiger partial charge in [0.05, 0.1) is 40.6 Å². The third kappa shape index (κ3) is 4.22. The molecule has 0 bridgehead atoms. The van der Waals surface area contributed by atoms with E-state index in [4.69, 9.17) is 23.7 Å². The highest BCUT2D eigenvalue weighted by Gasteiger charge is 2.44. The van der Waals surface area contributed by atoms with E-state index in [1.54, 1.807) is 31.3 Å². The topological polar surface area (TPSA) is 104 Å². The molecule has 1 amide bonds. The summed E-state index contributed by atoms with van der Waals surface area (Å²) >= 11 is 0. The van der Waals surface area contributed by atoms with Gasteiger partial charge in [0.25, 0.3) is 5.91 Å². The van der Waals surface area contributed by atoms with Crippen molar-refractivity contribution in [3.05, 3.63) is 41.0 Å². The standard InChI is InChI=1S/C24H29NO8/c1-7-32-16-11-14-15(12-17(16)33-8-2)23(26)25(3)21(20(14)24(27)28)13-9-18(29-4)22(31-6)19(10-13)30-5/h9-12,20-21H,7-8H2,1-6H3,(H,27,28)/t20-,21-/m1/s1. The van der Waals surface area contributed by atoms with Crippen LogP contribution in [0, 0.1) is 0 Å². The zero-order chi connectivity index (χ0) is 24.3. The smallest absolute Gasteiger partial charge is 0.313 e. The third-order valence-electron chi connectivity index (χ3n) is 5.63. The number of likely N-dealkylation sites (N-methyl/N-ethyl adjacent to an activating group) is 1. The molecule has 0 spiro atoms. The zero-order valence-corrected chi connectivity index (χ0v) is 19.6. The van der Waals surface area contributed by atoms with E-state index in [1.807, 2.05) is 13.8 Å². The molecule has 9 heteroatoms. The van der Waals surface area contributed by atoms with Gasteiger partial charge in [0.1, 0.15) is 5.92 Å². The number of carboxylic acid groups (broad SMARTS) is 1. The number of hydrogen-bond donors (Lipinski definition) is 1. The third-order valence-corrected chi connectivity index (χ3v) is 5.63. The molecule has 0 fully saturated rings. The molecule has 0 radical (unpaired) electrons. The van der Waals surface area contributed by atoms with Crippen molar-refractivity contribution in [2.24, 2.45) is 0 Å². The van der Waals surface area contributed by atoms with Gasteiger partial charge in [-0.3, -0.25) is 9.59 Å². The molecule has 2 atom stereocenters. The maximum atomic E-state index is 13.4. The van der Waals surface area contributed by atoms with Crippen molar-refractivity contribution in [2.45, 2.75) is 25.8 Å². The Kier molecular flexibility index (Phi) is 7.20. The van der Waals surface area contributed by atoms with Gasteiger partial charge in [-0.15, -0.1) is 0 Å². The molecule has 0 saturated carbocycles. The summed E-state index contributed by atoms with van der Waals surface area (Å²) in [5.41, 5.74) is 1.15. The summed E-state index contributed by atoms with van der Waals surface area (Å²) in [6.45, 7) is 4.38. The van der Waals surface area contributed by atoms with Crippen molar-refractivity contribution in [2.75, 3.05) is 41.6 Å². The fourth-order valence-electron chi connectivity index (χ4n) is 4.22. The molecule has 0 saturated heterocycles. The molecule has 9 nitrogen and oxygen atoms in total. The molecule has 3 rings (SSSR count). The molecule has 1 aliphatic rings. The lowest BCUT2D eigenvalue weighted by atomic mass is 9.79. The second kappa shape index (κ2) is 9.89. The molecule has 0 unspecified atom stereocenters. The highest BCUT2D eigenvalue weighted by atomic mass is 16.5. The summed E-state index contributed by atoms with van der Waals surface area (Å²) in [4.78, 5) is 27.4. The van der Waals surface area contributed by atoms with E-state index >= 15 is 0 Å². The minimum absolute atomic E-state index is 0.264. The average molecular weight is 459 g/mol. The number of carboxylic acids is 1. The summed E-state index contributed by atoms with van der Waals surface area (Å²) in [5.74, 6) is -0.582. The Morgan fingerprint density at radius 2 is 1.45 bits per heavy atom. The summed E-state index contributed by atoms with van der Waals surface area (Å²) in [5, 5.41) is 10.3. The van der Waals surface area contributed by atoms with Crippen LogP contribution >= 0.6 is 0 Å². The first-order valence-corrected chi connectivity index (χ1v) is 10.6. The molecule has 1 aliphatic heterocycles. The van der Waals surface area contributed by atoms with Crippen LogP contribution in [0.2, 0.25) is 0 Å². The van der Waals surface area contributed by atoms with Crippen molar-refractivity contribution in [1.82, 2.24) is 4.90 Å². The number of hydrogen-bond acceptors (Lipinski definition) is 7. The average Bonchev–Trinajstić information content (AvgIpc) is 2.80. The maximum Gasteiger partial charge on any atom is 0.313 e. The van der Waals surface area contributed by atoms with Crippen LogP contribution in [0.4, 0.5) is 0 Å². The van der Waals surface area contributed by atoms with Gasteiger partial charge < -0.3 is 33.7 Å². The summed E-state index contributed by atoms with van der Waals surface area (Å²) in [7, 11) is 6.01. The van der Waals surface area contributed by atoms with E-state index < -0.39 is 17.9 Å². The SMILES string of the molecule is CCOc1cc2c(cc1OCC)[C@@H](C(=O)O)[C@@H](c1cc(OC)c(OC)c(OC)c1)N(C)C2=O. The van der Waals surface area contributed by atoms with Crippen LogP contribution < -0.4 is 23.7 Å². The molecule has 1 N–H and O–H groups in total. The minimum Gasteiger partial charge on any atom is -0.493 e. The lowest BCUT2D eigenvalue weighted by molar-refractivity contribution is -0.140. The first kappa shape index (κ1) is 24.0. The Labute approximate surface area is 192 Å². The first-order valence-electron chi connectivity index (χ1n) is 10.6. The molecular weight excluding hydrogens is 430 g/mol. The van der Waals surface area contributed by atoms with Crippen molar-refractivity contribution in [3.8, 4) is 28.7 Å². The molecule has 1 heterocycles. The van der Waals surface area contributed by atoms with E-state index in [0.717, 1.165) is 0 Å². The quantitative estimate of drug-likeness (QED) is 0.608. The van der Waals surface area contributed by atoms with Gasteiger partial charge in [-0.25, -0.2) is 0 Å². The highest BCUT2D eigenvalue weighted by molar-refractivity contribution is 6.01. The summed E-state index contributed by atoms with van der Waals surface area (Å²) in [6, 6.07) is 5.65. The van der Waals surface area contributed by atoms with Crippen molar-refractivity contribution < 1.29 is 38.4 Å². The van der Waals surface area contributed by atoms with E-state index in [1.165, 1.54) is 26.2 Å². The Bertz CT molecular complexity index is 1030. The van der Waals surface area contributed by atoms with Gasteiger partial charge in [-0.2, -0.15) is 0 Å². The number of methoxy groups -OCH3 is 3. The first-order chi connectivity index (χ1) is 15.8. The number of nitrogens with zero attached hydrogens (tertiary/aromatic N) is 1. The zero-order valence-electron chi connectivity index (χ0n) is 19.6. The number of aliphatic carboxylic acids is 1. The lowest BCUT2D eigenvalue weighted by Crippen LogP contribution is -2.42. The molecule has 0 aromatic heterocycles. The normalized spacial score (nSPS) is 17.3. The number of rotatable bonds is 9. The molecular formula is C24H29NO8. The number of fused-ring (bicyclic) bond motifs is 1. The van der Waals surface area contributed by atoms with Gasteiger partial charge in [-0.1, -0.05) is 0 Å². The van der Waals surface area contributed by atoms with E-state index in [2.05, 4.69) is 0 Å². The van der Waals surface area contributed by atoms with E-state index in [-0.39, 0.29) is 11.5 Å². The van der Waals surface area contributed by atoms with Crippen LogP contribution in [0.5, 0.6) is 28.7 Å². The fourth-order valence-corrected chi connectivity index (χ4v) is 4.22. The van der Waals surface area contributed by atoms with Gasteiger partial charge in [0, 0.05) is 12.6 Å². The number of benzene rings is 2. The van der Waals surface area contributed by atoms with Crippen molar-refractivity contribution >= 4 is 11.9 Å². The van der Waals surface area contributed by atoms with Crippen LogP contribution in [0.1, 0.15) is 47.3 Å². The molecule has 33 heavy (non-hydrogen) atoms. The van der Waals surface area contributed by atoms with Crippen molar-refractivity contribution in [1.29, 1.82) is 0 Å². The van der Waals surface area contributed by atoms with Gasteiger partial charge in [-0.05, 0) is 49.2 Å². The summed E-state index contributed by atoms with van der Waals surface area (Å²) < 4.78 is 27.6. The summed E-state index contributed by atoms with van der Waals surface area (Å²) in [6.07, 6.45) is 0. The monoisotopic (exact) mass is 459 g/mol. The number of ether oxygens (including phenoxy) is 5. The Hall–Kier alpha value is -3.62. The van der Waals surface area contributed by atoms with Gasteiger partial charge in [0.15, 0.2) is 23.0 Å². The molecule has 2 aromatic rings. The van der Waals surface area contributed by atoms with Crippen LogP contribution in [-0.4, -0.2) is 63.5 Å². The largest absolute Gasteiger partial charge is 0.493 e. The van der Waals surface area contributed by atoms with Crippen LogP contribution in [-0.2, 0) is 4.79 Å². The maximum absolute atomic E-state index is 13.4. The molecule has 178 valence electrons. The second-order valence-corrected chi connectivity index (χ2v) is 7.39. The van der Waals surface area contributed by atoms with E-state index in [0.29, 0.717) is 53.1 Å². The number of amides is 1. The van der Waals surface area contributed by atoms with Gasteiger partial charge in [0.2, 0.25) is 5.75 Å². The highest BCUT2D eigenvalue weighted by Crippen LogP contribution is 2.48. The fraction of sp³-hybridized carbons (Fsp3) is 0.417. The van der Waals surface area contributed by atoms with Gasteiger partial charge >= 0.3 is 5.97 Å². The lowest BCUT2D eigenvalue weighted by Gasteiger charge is -2.39. The van der Waals surface area contributed by atoms with Crippen LogP contribution in [0.15, 0.2) is 24.3 Å². The molecule has 0 aliphatic carbocycles. The van der Waals surface area contributed by atoms with Crippen LogP contribution in [0.3, 0.4) is 0 Å². The second-order valence-electron chi connectivity index (χ2n) is 7.39. The Morgan fingerprint density at radius 1 is 0.909 bits per heavy atom. The Morgan fingerprint density at radius 3 is 1.91 bits per heavy atom. The predicted octanol–water partition coefficient (Wildman–Crippen LogP) is 3.50. The minimum atomic E-state index is -1.08. The Balaban J connectivity index is 2.25. The van der Waals surface area contributed by atoms with Crippen LogP contribution in [0.25, 0.3) is 0 Å².